The lowest BCUT2D eigenvalue weighted by molar-refractivity contribution is -0.115. The number of aliphatic hydroxyl groups is 1. The molecule has 108 valence electrons. The van der Waals surface area contributed by atoms with E-state index in [2.05, 4.69) is 5.32 Å². The van der Waals surface area contributed by atoms with E-state index in [1.54, 1.807) is 12.1 Å². The topological polar surface area (TPSA) is 136 Å². The summed E-state index contributed by atoms with van der Waals surface area (Å²) in [6.07, 6.45) is 0. The van der Waals surface area contributed by atoms with E-state index >= 15 is 0 Å². The van der Waals surface area contributed by atoms with Crippen LogP contribution in [0, 0.1) is 5.41 Å². The van der Waals surface area contributed by atoms with Crippen LogP contribution in [0.3, 0.4) is 0 Å². The fourth-order valence-corrected chi connectivity index (χ4v) is 1.98. The molecule has 0 aromatic heterocycles. The highest BCUT2D eigenvalue weighted by Crippen LogP contribution is 2.31. The highest BCUT2D eigenvalue weighted by molar-refractivity contribution is 6.65. The summed E-state index contributed by atoms with van der Waals surface area (Å²) >= 11 is 5.79. The summed E-state index contributed by atoms with van der Waals surface area (Å²) in [6, 6.07) is 6.01. The zero-order valence-corrected chi connectivity index (χ0v) is 11.2. The fourth-order valence-electron chi connectivity index (χ4n) is 1.75. The number of carbonyl (C=O) groups excluding carboxylic acids is 2. The molecule has 0 unspecified atom stereocenters. The average molecular weight is 308 g/mol. The van der Waals surface area contributed by atoms with Crippen LogP contribution >= 0.6 is 11.6 Å². The van der Waals surface area contributed by atoms with Gasteiger partial charge in [-0.1, -0.05) is 23.7 Å². The lowest BCUT2D eigenvalue weighted by atomic mass is 9.96. The van der Waals surface area contributed by atoms with Gasteiger partial charge in [-0.25, -0.2) is 0 Å². The molecule has 6 N–H and O–H groups in total. The number of halogens is 1. The molecule has 7 nitrogen and oxygen atoms in total. The third-order valence-corrected chi connectivity index (χ3v) is 3.14. The van der Waals surface area contributed by atoms with Crippen molar-refractivity contribution in [1.29, 1.82) is 5.41 Å². The Labute approximate surface area is 123 Å². The first kappa shape index (κ1) is 14.6. The molecule has 1 aliphatic rings. The van der Waals surface area contributed by atoms with Gasteiger partial charge in [0.15, 0.2) is 5.76 Å². The number of primary amides is 1. The van der Waals surface area contributed by atoms with Gasteiger partial charge < -0.3 is 21.3 Å². The van der Waals surface area contributed by atoms with Gasteiger partial charge in [-0.3, -0.25) is 15.0 Å². The molecule has 1 aromatic carbocycles. The number of benzene rings is 1. The van der Waals surface area contributed by atoms with Crippen LogP contribution in [-0.2, 0) is 9.59 Å². The number of nitrogens with two attached hydrogens (primary N) is 1. The van der Waals surface area contributed by atoms with Crippen molar-refractivity contribution < 1.29 is 19.8 Å². The van der Waals surface area contributed by atoms with Gasteiger partial charge in [0, 0.05) is 0 Å². The zero-order chi connectivity index (χ0) is 15.7. The van der Waals surface area contributed by atoms with Gasteiger partial charge in [0.1, 0.15) is 27.8 Å². The molecule has 0 bridgehead atoms. The third-order valence-electron chi connectivity index (χ3n) is 2.78. The SMILES string of the molecule is N=C1C(=O)C(Cl)=C(Nc2ccccc2O)C(O)=C1C(N)=O. The van der Waals surface area contributed by atoms with Crippen LogP contribution in [0.5, 0.6) is 5.75 Å². The van der Waals surface area contributed by atoms with Crippen LogP contribution in [0.4, 0.5) is 5.69 Å². The number of ketones is 1. The van der Waals surface area contributed by atoms with Crippen molar-refractivity contribution in [3.8, 4) is 5.75 Å². The maximum absolute atomic E-state index is 11.8. The first-order valence-electron chi connectivity index (χ1n) is 5.66. The van der Waals surface area contributed by atoms with Crippen molar-refractivity contribution in [2.24, 2.45) is 5.73 Å². The standard InChI is InChI=1S/C13H10ClN3O4/c14-8-10(17-5-3-1-2-4-6(5)18)11(19)7(13(16)21)9(15)12(8)20/h1-4,15,17-19H,(H2,16,21). The molecule has 0 heterocycles. The molecule has 0 spiro atoms. The number of aliphatic hydroxyl groups excluding tert-OH is 1. The second-order valence-electron chi connectivity index (χ2n) is 4.12. The highest BCUT2D eigenvalue weighted by atomic mass is 35.5. The Morgan fingerprint density at radius 1 is 1.29 bits per heavy atom. The van der Waals surface area contributed by atoms with Crippen LogP contribution in [0.1, 0.15) is 0 Å². The van der Waals surface area contributed by atoms with E-state index in [-0.39, 0.29) is 17.1 Å². The predicted molar refractivity (Wildman–Crippen MR) is 76.2 cm³/mol. The molecular weight excluding hydrogens is 298 g/mol. The highest BCUT2D eigenvalue weighted by Gasteiger charge is 2.34. The molecular formula is C13H10ClN3O4. The molecule has 0 atom stereocenters. The Kier molecular flexibility index (Phi) is 3.68. The molecule has 21 heavy (non-hydrogen) atoms. The van der Waals surface area contributed by atoms with Crippen molar-refractivity contribution in [1.82, 2.24) is 0 Å². The summed E-state index contributed by atoms with van der Waals surface area (Å²) in [4.78, 5) is 23.1. The van der Waals surface area contributed by atoms with Gasteiger partial charge in [-0.2, -0.15) is 0 Å². The number of para-hydroxylation sites is 2. The molecule has 0 saturated heterocycles. The minimum atomic E-state index is -1.13. The molecule has 1 amide bonds. The van der Waals surface area contributed by atoms with E-state index in [0.717, 1.165) is 0 Å². The maximum atomic E-state index is 11.8. The van der Waals surface area contributed by atoms with Crippen molar-refractivity contribution in [2.45, 2.75) is 0 Å². The number of rotatable bonds is 3. The Balaban J connectivity index is 2.56. The minimum Gasteiger partial charge on any atom is -0.506 e. The summed E-state index contributed by atoms with van der Waals surface area (Å²) in [5.74, 6) is -2.97. The molecule has 2 rings (SSSR count). The lowest BCUT2D eigenvalue weighted by Gasteiger charge is -2.20. The third kappa shape index (κ3) is 2.46. The summed E-state index contributed by atoms with van der Waals surface area (Å²) in [5, 5.41) is 29.2. The van der Waals surface area contributed by atoms with Gasteiger partial charge in [0.05, 0.1) is 5.69 Å². The molecule has 0 saturated carbocycles. The number of carbonyl (C=O) groups is 2. The monoisotopic (exact) mass is 307 g/mol. The molecule has 0 radical (unpaired) electrons. The summed E-state index contributed by atoms with van der Waals surface area (Å²) in [6.45, 7) is 0. The maximum Gasteiger partial charge on any atom is 0.254 e. The van der Waals surface area contributed by atoms with E-state index in [1.165, 1.54) is 12.1 Å². The van der Waals surface area contributed by atoms with E-state index in [9.17, 15) is 19.8 Å². The first-order chi connectivity index (χ1) is 9.84. The van der Waals surface area contributed by atoms with Crippen LogP contribution in [0.15, 0.2) is 46.3 Å². The lowest BCUT2D eigenvalue weighted by Crippen LogP contribution is -2.33. The van der Waals surface area contributed by atoms with Crippen LogP contribution in [-0.4, -0.2) is 27.6 Å². The predicted octanol–water partition coefficient (Wildman–Crippen LogP) is 1.15. The van der Waals surface area contributed by atoms with Crippen molar-refractivity contribution in [2.75, 3.05) is 5.32 Å². The number of amides is 1. The van der Waals surface area contributed by atoms with E-state index in [1.807, 2.05) is 0 Å². The zero-order valence-electron chi connectivity index (χ0n) is 10.5. The van der Waals surface area contributed by atoms with Gasteiger partial charge >= 0.3 is 0 Å². The number of phenols is 1. The van der Waals surface area contributed by atoms with Gasteiger partial charge in [0.2, 0.25) is 5.78 Å². The Morgan fingerprint density at radius 3 is 2.48 bits per heavy atom. The van der Waals surface area contributed by atoms with Gasteiger partial charge in [0.25, 0.3) is 5.91 Å². The summed E-state index contributed by atoms with van der Waals surface area (Å²) in [5.41, 5.74) is 3.48. The Morgan fingerprint density at radius 2 is 1.90 bits per heavy atom. The number of allylic oxidation sites excluding steroid dienone is 1. The molecule has 0 aliphatic heterocycles. The minimum absolute atomic E-state index is 0.155. The van der Waals surface area contributed by atoms with Gasteiger partial charge in [-0.15, -0.1) is 0 Å². The summed E-state index contributed by atoms with van der Waals surface area (Å²) < 4.78 is 0. The fraction of sp³-hybridized carbons (Fsp3) is 0. The van der Waals surface area contributed by atoms with Crippen molar-refractivity contribution in [3.63, 3.8) is 0 Å². The number of phenolic OH excluding ortho intramolecular Hbond substituents is 1. The van der Waals surface area contributed by atoms with E-state index in [0.29, 0.717) is 0 Å². The smallest absolute Gasteiger partial charge is 0.254 e. The van der Waals surface area contributed by atoms with Gasteiger partial charge in [-0.05, 0) is 12.1 Å². The normalized spacial score (nSPS) is 15.5. The van der Waals surface area contributed by atoms with Crippen molar-refractivity contribution >= 4 is 34.7 Å². The Bertz CT molecular complexity index is 737. The summed E-state index contributed by atoms with van der Waals surface area (Å²) in [7, 11) is 0. The molecule has 1 aliphatic carbocycles. The van der Waals surface area contributed by atoms with E-state index in [4.69, 9.17) is 22.7 Å². The number of Topliss-reactive ketones (excluding diaryl/α,β-unsaturated/α-hetero) is 1. The molecule has 8 heteroatoms. The number of hydrogen-bond acceptors (Lipinski definition) is 6. The number of anilines is 1. The van der Waals surface area contributed by atoms with Crippen LogP contribution in [0.2, 0.25) is 0 Å². The second-order valence-corrected chi connectivity index (χ2v) is 4.50. The largest absolute Gasteiger partial charge is 0.506 e. The second kappa shape index (κ2) is 5.29. The number of aromatic hydroxyl groups is 1. The number of nitrogens with one attached hydrogen (secondary N) is 2. The quantitative estimate of drug-likeness (QED) is 0.421. The molecule has 1 aromatic rings. The first-order valence-corrected chi connectivity index (χ1v) is 6.04. The molecule has 0 fully saturated rings. The van der Waals surface area contributed by atoms with Crippen molar-refractivity contribution in [3.05, 3.63) is 46.3 Å². The van der Waals surface area contributed by atoms with Crippen LogP contribution in [0.25, 0.3) is 0 Å². The average Bonchev–Trinajstić information content (AvgIpc) is 2.43. The number of hydrogen-bond donors (Lipinski definition) is 5. The van der Waals surface area contributed by atoms with E-state index < -0.39 is 33.8 Å². The Hall–Kier alpha value is -2.80. The van der Waals surface area contributed by atoms with Crippen LogP contribution < -0.4 is 11.1 Å².